The summed E-state index contributed by atoms with van der Waals surface area (Å²) in [6.45, 7) is 4.25. The molecule has 0 fully saturated rings. The van der Waals surface area contributed by atoms with Crippen molar-refractivity contribution in [1.82, 2.24) is 5.32 Å². The summed E-state index contributed by atoms with van der Waals surface area (Å²) >= 11 is 0. The Morgan fingerprint density at radius 2 is 1.87 bits per heavy atom. The van der Waals surface area contributed by atoms with Crippen molar-refractivity contribution >= 4 is 11.9 Å². The molecule has 0 radical (unpaired) electrons. The average molecular weight is 317 g/mol. The molecule has 0 spiro atoms. The van der Waals surface area contributed by atoms with Crippen molar-refractivity contribution in [2.75, 3.05) is 13.7 Å². The molecule has 0 saturated carbocycles. The van der Waals surface area contributed by atoms with E-state index < -0.39 is 5.97 Å². The molecular weight excluding hydrogens is 298 g/mol. The molecule has 1 amide bonds. The largest absolute Gasteiger partial charge is 0.483 e. The lowest BCUT2D eigenvalue weighted by molar-refractivity contribution is 0.0558. The third-order valence-corrected chi connectivity index (χ3v) is 3.18. The van der Waals surface area contributed by atoms with Crippen LogP contribution in [0.3, 0.4) is 0 Å². The van der Waals surface area contributed by atoms with Gasteiger partial charge in [0.2, 0.25) is 5.76 Å². The summed E-state index contributed by atoms with van der Waals surface area (Å²) in [4.78, 5) is 23.1. The molecule has 1 unspecified atom stereocenters. The van der Waals surface area contributed by atoms with Gasteiger partial charge in [0.1, 0.15) is 11.5 Å². The third kappa shape index (κ3) is 4.12. The fourth-order valence-corrected chi connectivity index (χ4v) is 1.99. The highest BCUT2D eigenvalue weighted by Crippen LogP contribution is 2.24. The van der Waals surface area contributed by atoms with Gasteiger partial charge in [-0.3, -0.25) is 4.79 Å². The molecule has 1 atom stereocenters. The molecule has 122 valence electrons. The van der Waals surface area contributed by atoms with Gasteiger partial charge in [-0.2, -0.15) is 0 Å². The number of nitrogens with one attached hydrogen (secondary N) is 1. The van der Waals surface area contributed by atoms with E-state index in [0.29, 0.717) is 23.6 Å². The van der Waals surface area contributed by atoms with E-state index in [4.69, 9.17) is 9.15 Å². The lowest BCUT2D eigenvalue weighted by atomic mass is 10.2. The molecule has 0 bridgehead atoms. The van der Waals surface area contributed by atoms with Crippen LogP contribution in [-0.2, 0) is 4.74 Å². The van der Waals surface area contributed by atoms with E-state index in [9.17, 15) is 9.59 Å². The highest BCUT2D eigenvalue weighted by atomic mass is 16.5. The molecule has 23 heavy (non-hydrogen) atoms. The molecule has 1 aromatic carbocycles. The van der Waals surface area contributed by atoms with Gasteiger partial charge < -0.3 is 19.2 Å². The maximum atomic E-state index is 11.7. The van der Waals surface area contributed by atoms with Gasteiger partial charge in [-0.15, -0.1) is 0 Å². The molecular formula is C17H19NO5. The molecule has 1 N–H and O–H groups in total. The summed E-state index contributed by atoms with van der Waals surface area (Å²) in [6.07, 6.45) is -0.385. The second-order valence-corrected chi connectivity index (χ2v) is 4.84. The van der Waals surface area contributed by atoms with Gasteiger partial charge in [0.25, 0.3) is 5.91 Å². The summed E-state index contributed by atoms with van der Waals surface area (Å²) in [5, 5.41) is 2.73. The molecule has 0 aliphatic carbocycles. The number of carbonyl (C=O) groups excluding carboxylic acids is 2. The zero-order valence-corrected chi connectivity index (χ0v) is 13.3. The number of furan rings is 1. The highest BCUT2D eigenvalue weighted by molar-refractivity contribution is 5.94. The molecule has 0 aliphatic heterocycles. The maximum Gasteiger partial charge on any atom is 0.373 e. The number of carbonyl (C=O) groups is 2. The Morgan fingerprint density at radius 1 is 1.17 bits per heavy atom. The van der Waals surface area contributed by atoms with Crippen LogP contribution in [0.4, 0.5) is 0 Å². The van der Waals surface area contributed by atoms with Crippen molar-refractivity contribution in [3.8, 4) is 5.75 Å². The minimum absolute atomic E-state index is 0.124. The summed E-state index contributed by atoms with van der Waals surface area (Å²) in [5.74, 6) is 0.583. The first-order valence-electron chi connectivity index (χ1n) is 7.28. The first-order valence-corrected chi connectivity index (χ1v) is 7.28. The minimum Gasteiger partial charge on any atom is -0.483 e. The number of hydrogen-bond donors (Lipinski definition) is 1. The Hall–Kier alpha value is -2.76. The zero-order chi connectivity index (χ0) is 16.8. The Kier molecular flexibility index (Phi) is 5.41. The van der Waals surface area contributed by atoms with Crippen molar-refractivity contribution in [3.63, 3.8) is 0 Å². The van der Waals surface area contributed by atoms with E-state index in [-0.39, 0.29) is 17.8 Å². The van der Waals surface area contributed by atoms with Gasteiger partial charge in [-0.25, -0.2) is 4.79 Å². The molecule has 0 aliphatic rings. The number of ether oxygens (including phenoxy) is 2. The van der Waals surface area contributed by atoms with E-state index in [2.05, 4.69) is 10.1 Å². The average Bonchev–Trinajstić information content (AvgIpc) is 3.05. The zero-order valence-electron chi connectivity index (χ0n) is 13.3. The van der Waals surface area contributed by atoms with Crippen molar-refractivity contribution in [1.29, 1.82) is 0 Å². The van der Waals surface area contributed by atoms with Crippen LogP contribution in [0.1, 0.15) is 46.6 Å². The van der Waals surface area contributed by atoms with Gasteiger partial charge in [0.15, 0.2) is 6.10 Å². The monoisotopic (exact) mass is 317 g/mol. The Bertz CT molecular complexity index is 675. The quantitative estimate of drug-likeness (QED) is 0.829. The van der Waals surface area contributed by atoms with Crippen molar-refractivity contribution in [2.24, 2.45) is 0 Å². The first-order chi connectivity index (χ1) is 11.0. The second-order valence-electron chi connectivity index (χ2n) is 4.84. The molecule has 1 aromatic heterocycles. The second kappa shape index (κ2) is 7.49. The van der Waals surface area contributed by atoms with Crippen LogP contribution in [0.15, 0.2) is 40.8 Å². The van der Waals surface area contributed by atoms with Gasteiger partial charge in [0, 0.05) is 12.1 Å². The van der Waals surface area contributed by atoms with Crippen LogP contribution < -0.4 is 10.1 Å². The number of methoxy groups -OCH3 is 1. The predicted octanol–water partition coefficient (Wildman–Crippen LogP) is 2.96. The number of amides is 1. The Morgan fingerprint density at radius 3 is 2.48 bits per heavy atom. The van der Waals surface area contributed by atoms with Crippen LogP contribution in [0.5, 0.6) is 5.75 Å². The van der Waals surface area contributed by atoms with Crippen molar-refractivity contribution in [2.45, 2.75) is 20.0 Å². The van der Waals surface area contributed by atoms with Crippen LogP contribution in [0, 0.1) is 0 Å². The summed E-state index contributed by atoms with van der Waals surface area (Å²) < 4.78 is 15.7. The van der Waals surface area contributed by atoms with Crippen LogP contribution >= 0.6 is 0 Å². The van der Waals surface area contributed by atoms with Crippen molar-refractivity contribution in [3.05, 3.63) is 53.5 Å². The molecule has 2 rings (SSSR count). The van der Waals surface area contributed by atoms with Crippen LogP contribution in [0.2, 0.25) is 0 Å². The van der Waals surface area contributed by atoms with Crippen LogP contribution in [-0.4, -0.2) is 25.5 Å². The van der Waals surface area contributed by atoms with E-state index in [1.54, 1.807) is 43.3 Å². The predicted molar refractivity (Wildman–Crippen MR) is 83.5 cm³/mol. The minimum atomic E-state index is -0.533. The SMILES string of the molecule is CCNC(=O)c1ccc(OC(C)c2ccc(C(=O)OC)o2)cc1. The molecule has 1 heterocycles. The van der Waals surface area contributed by atoms with E-state index in [1.165, 1.54) is 7.11 Å². The smallest absolute Gasteiger partial charge is 0.373 e. The van der Waals surface area contributed by atoms with Crippen molar-refractivity contribution < 1.29 is 23.5 Å². The van der Waals surface area contributed by atoms with Gasteiger partial charge >= 0.3 is 5.97 Å². The summed E-state index contributed by atoms with van der Waals surface area (Å²) in [5.41, 5.74) is 0.567. The molecule has 2 aromatic rings. The third-order valence-electron chi connectivity index (χ3n) is 3.18. The van der Waals surface area contributed by atoms with Gasteiger partial charge in [-0.1, -0.05) is 0 Å². The van der Waals surface area contributed by atoms with Crippen LogP contribution in [0.25, 0.3) is 0 Å². The number of esters is 1. The molecule has 6 nitrogen and oxygen atoms in total. The standard InChI is InChI=1S/C17H19NO5/c1-4-18-16(19)12-5-7-13(8-6-12)22-11(2)14-9-10-15(23-14)17(20)21-3/h5-11H,4H2,1-3H3,(H,18,19). The van der Waals surface area contributed by atoms with Gasteiger partial charge in [-0.05, 0) is 50.2 Å². The fourth-order valence-electron chi connectivity index (χ4n) is 1.99. The fraction of sp³-hybridized carbons (Fsp3) is 0.294. The molecule has 0 saturated heterocycles. The number of hydrogen-bond acceptors (Lipinski definition) is 5. The van der Waals surface area contributed by atoms with Gasteiger partial charge in [0.05, 0.1) is 7.11 Å². The lowest BCUT2D eigenvalue weighted by Gasteiger charge is -2.12. The number of benzene rings is 1. The maximum absolute atomic E-state index is 11.7. The Balaban J connectivity index is 2.02. The Labute approximate surface area is 134 Å². The summed E-state index contributed by atoms with van der Waals surface area (Å²) in [7, 11) is 1.29. The first kappa shape index (κ1) is 16.6. The van der Waals surface area contributed by atoms with E-state index in [0.717, 1.165) is 0 Å². The lowest BCUT2D eigenvalue weighted by Crippen LogP contribution is -2.22. The normalized spacial score (nSPS) is 11.6. The summed E-state index contributed by atoms with van der Waals surface area (Å²) in [6, 6.07) is 10.0. The van der Waals surface area contributed by atoms with E-state index in [1.807, 2.05) is 6.92 Å². The number of rotatable bonds is 6. The molecule has 6 heteroatoms. The highest BCUT2D eigenvalue weighted by Gasteiger charge is 2.16. The van der Waals surface area contributed by atoms with E-state index >= 15 is 0 Å². The topological polar surface area (TPSA) is 77.8 Å².